The van der Waals surface area contributed by atoms with Crippen LogP contribution in [-0.4, -0.2) is 16.1 Å². The van der Waals surface area contributed by atoms with E-state index in [4.69, 9.17) is 8.83 Å². The average molecular weight is 387 g/mol. The van der Waals surface area contributed by atoms with E-state index in [1.807, 2.05) is 18.2 Å². The van der Waals surface area contributed by atoms with Crippen LogP contribution >= 0.6 is 0 Å². The first kappa shape index (κ1) is 18.7. The number of nitrogens with one attached hydrogen (secondary N) is 1. The molecule has 2 aromatic carbocycles. The van der Waals surface area contributed by atoms with Gasteiger partial charge in [0.15, 0.2) is 5.76 Å². The van der Waals surface area contributed by atoms with Crippen molar-refractivity contribution in [3.05, 3.63) is 88.7 Å². The van der Waals surface area contributed by atoms with Gasteiger partial charge in [0, 0.05) is 17.7 Å². The Morgan fingerprint density at radius 1 is 1.03 bits per heavy atom. The van der Waals surface area contributed by atoms with Gasteiger partial charge in [-0.05, 0) is 67.8 Å². The van der Waals surface area contributed by atoms with Crippen LogP contribution in [0.5, 0.6) is 0 Å². The molecule has 0 saturated heterocycles. The molecule has 6 nitrogen and oxygen atoms in total. The van der Waals surface area contributed by atoms with Crippen molar-refractivity contribution >= 4 is 11.6 Å². The second-order valence-electron chi connectivity index (χ2n) is 7.10. The van der Waals surface area contributed by atoms with Gasteiger partial charge >= 0.3 is 0 Å². The van der Waals surface area contributed by atoms with Crippen molar-refractivity contribution in [2.24, 2.45) is 0 Å². The molecular formula is C23H21N3O3. The third kappa shape index (κ3) is 4.11. The summed E-state index contributed by atoms with van der Waals surface area (Å²) in [7, 11) is 0. The molecule has 1 amide bonds. The van der Waals surface area contributed by atoms with E-state index in [0.717, 1.165) is 11.3 Å². The number of furan rings is 1. The molecule has 0 unspecified atom stereocenters. The van der Waals surface area contributed by atoms with Gasteiger partial charge in [-0.15, -0.1) is 10.2 Å². The van der Waals surface area contributed by atoms with E-state index in [9.17, 15) is 4.79 Å². The maximum atomic E-state index is 12.6. The lowest BCUT2D eigenvalue weighted by molar-refractivity contribution is 0.0995. The minimum atomic E-state index is -0.309. The molecule has 0 spiro atoms. The first-order chi connectivity index (χ1) is 14.0. The fourth-order valence-electron chi connectivity index (χ4n) is 3.48. The summed E-state index contributed by atoms with van der Waals surface area (Å²) in [6, 6.07) is 15.1. The molecule has 29 heavy (non-hydrogen) atoms. The van der Waals surface area contributed by atoms with E-state index in [1.54, 1.807) is 18.2 Å². The number of hydrogen-bond acceptors (Lipinski definition) is 5. The SMILES string of the molecule is Cc1cc(C)c(Cc2ccc(C(=O)Nc3cccc(-c4nnco4)c3)o2)c(C)c1. The van der Waals surface area contributed by atoms with E-state index < -0.39 is 0 Å². The lowest BCUT2D eigenvalue weighted by Gasteiger charge is -2.10. The van der Waals surface area contributed by atoms with E-state index in [0.29, 0.717) is 18.0 Å². The molecule has 0 saturated carbocycles. The van der Waals surface area contributed by atoms with Crippen LogP contribution in [0.4, 0.5) is 5.69 Å². The Kier molecular flexibility index (Phi) is 4.99. The van der Waals surface area contributed by atoms with E-state index in [-0.39, 0.29) is 11.7 Å². The Bertz CT molecular complexity index is 1140. The molecule has 0 bridgehead atoms. The lowest BCUT2D eigenvalue weighted by Crippen LogP contribution is -2.10. The molecule has 4 rings (SSSR count). The number of nitrogens with zero attached hydrogens (tertiary/aromatic N) is 2. The molecule has 0 aliphatic heterocycles. The van der Waals surface area contributed by atoms with Gasteiger partial charge in [-0.2, -0.15) is 0 Å². The summed E-state index contributed by atoms with van der Waals surface area (Å²) in [6.45, 7) is 6.29. The highest BCUT2D eigenvalue weighted by Gasteiger charge is 2.14. The summed E-state index contributed by atoms with van der Waals surface area (Å²) in [5.74, 6) is 1.11. The third-order valence-corrected chi connectivity index (χ3v) is 4.80. The van der Waals surface area contributed by atoms with Gasteiger partial charge in [0.1, 0.15) is 5.76 Å². The number of benzene rings is 2. The molecular weight excluding hydrogens is 366 g/mol. The smallest absolute Gasteiger partial charge is 0.291 e. The third-order valence-electron chi connectivity index (χ3n) is 4.80. The second-order valence-corrected chi connectivity index (χ2v) is 7.10. The fourth-order valence-corrected chi connectivity index (χ4v) is 3.48. The summed E-state index contributed by atoms with van der Waals surface area (Å²) in [5, 5.41) is 10.4. The predicted octanol–water partition coefficient (Wildman–Crippen LogP) is 5.10. The Hall–Kier alpha value is -3.67. The van der Waals surface area contributed by atoms with Crippen molar-refractivity contribution in [2.75, 3.05) is 5.32 Å². The van der Waals surface area contributed by atoms with Crippen molar-refractivity contribution in [1.29, 1.82) is 0 Å². The van der Waals surface area contributed by atoms with Gasteiger partial charge in [-0.25, -0.2) is 0 Å². The first-order valence-electron chi connectivity index (χ1n) is 9.33. The molecule has 2 heterocycles. The van der Waals surface area contributed by atoms with E-state index in [2.05, 4.69) is 48.4 Å². The molecule has 146 valence electrons. The number of aromatic nitrogens is 2. The first-order valence-corrected chi connectivity index (χ1v) is 9.33. The Morgan fingerprint density at radius 3 is 2.55 bits per heavy atom. The number of rotatable bonds is 5. The molecule has 0 atom stereocenters. The predicted molar refractivity (Wildman–Crippen MR) is 110 cm³/mol. The van der Waals surface area contributed by atoms with Crippen LogP contribution in [-0.2, 0) is 6.42 Å². The summed E-state index contributed by atoms with van der Waals surface area (Å²) < 4.78 is 11.0. The number of carbonyl (C=O) groups is 1. The zero-order valence-electron chi connectivity index (χ0n) is 16.5. The van der Waals surface area contributed by atoms with Crippen molar-refractivity contribution in [3.8, 4) is 11.5 Å². The van der Waals surface area contributed by atoms with Crippen LogP contribution in [0.25, 0.3) is 11.5 Å². The molecule has 2 aromatic heterocycles. The highest BCUT2D eigenvalue weighted by atomic mass is 16.4. The normalized spacial score (nSPS) is 10.9. The Balaban J connectivity index is 1.49. The maximum Gasteiger partial charge on any atom is 0.291 e. The van der Waals surface area contributed by atoms with Crippen molar-refractivity contribution in [2.45, 2.75) is 27.2 Å². The topological polar surface area (TPSA) is 81.2 Å². The highest BCUT2D eigenvalue weighted by Crippen LogP contribution is 2.23. The van der Waals surface area contributed by atoms with Gasteiger partial charge in [0.05, 0.1) is 0 Å². The molecule has 1 N–H and O–H groups in total. The average Bonchev–Trinajstić information content (AvgIpc) is 3.37. The van der Waals surface area contributed by atoms with Crippen molar-refractivity contribution < 1.29 is 13.6 Å². The summed E-state index contributed by atoms with van der Waals surface area (Å²) >= 11 is 0. The minimum Gasteiger partial charge on any atom is -0.456 e. The van der Waals surface area contributed by atoms with Gasteiger partial charge in [0.2, 0.25) is 12.3 Å². The zero-order valence-corrected chi connectivity index (χ0v) is 16.5. The quantitative estimate of drug-likeness (QED) is 0.515. The maximum absolute atomic E-state index is 12.6. The van der Waals surface area contributed by atoms with E-state index in [1.165, 1.54) is 28.6 Å². The van der Waals surface area contributed by atoms with Gasteiger partial charge in [0.25, 0.3) is 5.91 Å². The molecule has 0 fully saturated rings. The lowest BCUT2D eigenvalue weighted by atomic mass is 9.97. The van der Waals surface area contributed by atoms with Gasteiger partial charge in [-0.1, -0.05) is 23.8 Å². The summed E-state index contributed by atoms with van der Waals surface area (Å²) in [4.78, 5) is 12.6. The van der Waals surface area contributed by atoms with Crippen LogP contribution < -0.4 is 5.32 Å². The fraction of sp³-hybridized carbons (Fsp3) is 0.174. The van der Waals surface area contributed by atoms with Crippen LogP contribution in [0.15, 0.2) is 63.8 Å². The number of aryl methyl sites for hydroxylation is 3. The summed E-state index contributed by atoms with van der Waals surface area (Å²) in [6.07, 6.45) is 1.92. The minimum absolute atomic E-state index is 0.269. The molecule has 0 aliphatic rings. The standard InChI is InChI=1S/C23H21N3O3/c1-14-9-15(2)20(16(3)10-14)12-19-7-8-21(29-19)22(27)25-18-6-4-5-17(11-18)23-26-24-13-28-23/h4-11,13H,12H2,1-3H3,(H,25,27). The number of carbonyl (C=O) groups excluding carboxylic acids is 1. The van der Waals surface area contributed by atoms with E-state index >= 15 is 0 Å². The van der Waals surface area contributed by atoms with Gasteiger partial charge in [-0.3, -0.25) is 4.79 Å². The monoisotopic (exact) mass is 387 g/mol. The zero-order chi connectivity index (χ0) is 20.4. The second kappa shape index (κ2) is 7.75. The number of anilines is 1. The molecule has 0 aliphatic carbocycles. The summed E-state index contributed by atoms with van der Waals surface area (Å²) in [5.41, 5.74) is 6.26. The van der Waals surface area contributed by atoms with Gasteiger partial charge < -0.3 is 14.2 Å². The number of amides is 1. The van der Waals surface area contributed by atoms with Crippen LogP contribution in [0.3, 0.4) is 0 Å². The van der Waals surface area contributed by atoms with Crippen molar-refractivity contribution in [3.63, 3.8) is 0 Å². The molecule has 4 aromatic rings. The van der Waals surface area contributed by atoms with Crippen LogP contribution in [0, 0.1) is 20.8 Å². The van der Waals surface area contributed by atoms with Crippen LogP contribution in [0.2, 0.25) is 0 Å². The van der Waals surface area contributed by atoms with Crippen molar-refractivity contribution in [1.82, 2.24) is 10.2 Å². The van der Waals surface area contributed by atoms with Crippen LogP contribution in [0.1, 0.15) is 38.6 Å². The Labute approximate surface area is 168 Å². The highest BCUT2D eigenvalue weighted by molar-refractivity contribution is 6.02. The molecule has 0 radical (unpaired) electrons. The molecule has 6 heteroatoms. The largest absolute Gasteiger partial charge is 0.456 e. The number of hydrogen-bond donors (Lipinski definition) is 1. The Morgan fingerprint density at radius 2 is 1.83 bits per heavy atom.